The van der Waals surface area contributed by atoms with Gasteiger partial charge in [0.25, 0.3) is 0 Å². The Morgan fingerprint density at radius 3 is 2.71 bits per heavy atom. The molecule has 0 spiro atoms. The van der Waals surface area contributed by atoms with Crippen LogP contribution < -0.4 is 5.32 Å². The molecule has 17 heavy (non-hydrogen) atoms. The van der Waals surface area contributed by atoms with Crippen LogP contribution in [0.15, 0.2) is 34.4 Å². The minimum Gasteiger partial charge on any atom is -0.316 e. The van der Waals surface area contributed by atoms with Crippen molar-refractivity contribution in [1.29, 1.82) is 0 Å². The summed E-state index contributed by atoms with van der Waals surface area (Å²) in [5, 5.41) is 8.83. The average Bonchev–Trinajstić information content (AvgIpc) is 2.58. The van der Waals surface area contributed by atoms with Crippen LogP contribution in [0.2, 0.25) is 0 Å². The maximum absolute atomic E-state index is 4.47. The predicted molar refractivity (Wildman–Crippen MR) is 69.1 cm³/mol. The lowest BCUT2D eigenvalue weighted by atomic mass is 10.3. The number of hydrogen-bond acceptors (Lipinski definition) is 4. The van der Waals surface area contributed by atoms with Gasteiger partial charge in [0.2, 0.25) is 0 Å². The third kappa shape index (κ3) is 2.68. The van der Waals surface area contributed by atoms with Crippen molar-refractivity contribution in [3.63, 3.8) is 0 Å². The molecule has 0 fully saturated rings. The summed E-state index contributed by atoms with van der Waals surface area (Å²) in [7, 11) is 3.93. The van der Waals surface area contributed by atoms with Crippen LogP contribution in [0.5, 0.6) is 0 Å². The van der Waals surface area contributed by atoms with Crippen LogP contribution in [-0.4, -0.2) is 21.8 Å². The number of aromatic nitrogens is 3. The second-order valence-corrected chi connectivity index (χ2v) is 4.87. The van der Waals surface area contributed by atoms with Crippen molar-refractivity contribution in [1.82, 2.24) is 20.1 Å². The third-order valence-electron chi connectivity index (χ3n) is 2.51. The van der Waals surface area contributed by atoms with Crippen LogP contribution in [0.4, 0.5) is 0 Å². The van der Waals surface area contributed by atoms with Crippen molar-refractivity contribution in [2.45, 2.75) is 23.4 Å². The highest BCUT2D eigenvalue weighted by molar-refractivity contribution is 7.99. The second-order valence-electron chi connectivity index (χ2n) is 3.81. The maximum atomic E-state index is 4.47. The molecule has 0 radical (unpaired) electrons. The summed E-state index contributed by atoms with van der Waals surface area (Å²) >= 11 is 1.72. The first-order chi connectivity index (χ1) is 8.22. The molecule has 5 heteroatoms. The molecule has 2 aromatic heterocycles. The molecule has 0 amide bonds. The summed E-state index contributed by atoms with van der Waals surface area (Å²) in [6.45, 7) is 2.89. The lowest BCUT2D eigenvalue weighted by molar-refractivity contribution is 0.684. The predicted octanol–water partition coefficient (Wildman–Crippen LogP) is 1.99. The highest BCUT2D eigenvalue weighted by Gasteiger charge is 2.13. The summed E-state index contributed by atoms with van der Waals surface area (Å²) in [6.07, 6.45) is 3.62. The van der Waals surface area contributed by atoms with Gasteiger partial charge in [0.15, 0.2) is 0 Å². The van der Waals surface area contributed by atoms with E-state index < -0.39 is 0 Å². The van der Waals surface area contributed by atoms with Crippen molar-refractivity contribution in [3.05, 3.63) is 35.8 Å². The highest BCUT2D eigenvalue weighted by Crippen LogP contribution is 2.31. The quantitative estimate of drug-likeness (QED) is 0.898. The molecule has 2 rings (SSSR count). The molecule has 2 aromatic rings. The van der Waals surface area contributed by atoms with Crippen LogP contribution in [0.1, 0.15) is 11.3 Å². The Hall–Kier alpha value is -1.33. The van der Waals surface area contributed by atoms with Crippen LogP contribution in [0.25, 0.3) is 0 Å². The summed E-state index contributed by atoms with van der Waals surface area (Å²) in [4.78, 5) is 5.21. The minimum absolute atomic E-state index is 0.840. The highest BCUT2D eigenvalue weighted by atomic mass is 32.2. The molecule has 90 valence electrons. The second kappa shape index (κ2) is 5.33. The van der Waals surface area contributed by atoms with Crippen LogP contribution >= 0.6 is 11.8 Å². The van der Waals surface area contributed by atoms with Crippen molar-refractivity contribution in [2.24, 2.45) is 7.05 Å². The van der Waals surface area contributed by atoms with Gasteiger partial charge in [-0.3, -0.25) is 9.67 Å². The number of pyridine rings is 1. The molecule has 0 unspecified atom stereocenters. The summed E-state index contributed by atoms with van der Waals surface area (Å²) < 4.78 is 1.94. The van der Waals surface area contributed by atoms with E-state index in [-0.39, 0.29) is 0 Å². The molecule has 0 saturated carbocycles. The minimum atomic E-state index is 0.840. The summed E-state index contributed by atoms with van der Waals surface area (Å²) in [6, 6.07) is 4.02. The Kier molecular flexibility index (Phi) is 3.81. The van der Waals surface area contributed by atoms with Crippen molar-refractivity contribution in [2.75, 3.05) is 7.05 Å². The first kappa shape index (κ1) is 12.1. The van der Waals surface area contributed by atoms with E-state index in [0.717, 1.165) is 12.2 Å². The van der Waals surface area contributed by atoms with E-state index in [1.165, 1.54) is 15.5 Å². The molecule has 0 bridgehead atoms. The fraction of sp³-hybridized carbons (Fsp3) is 0.333. The average molecular weight is 248 g/mol. The van der Waals surface area contributed by atoms with Gasteiger partial charge in [-0.05, 0) is 26.1 Å². The maximum Gasteiger partial charge on any atom is 0.103 e. The van der Waals surface area contributed by atoms with Gasteiger partial charge >= 0.3 is 0 Å². The van der Waals surface area contributed by atoms with Gasteiger partial charge in [-0.25, -0.2) is 0 Å². The summed E-state index contributed by atoms with van der Waals surface area (Å²) in [5.41, 5.74) is 2.34. The number of nitrogens with one attached hydrogen (secondary N) is 1. The van der Waals surface area contributed by atoms with Crippen molar-refractivity contribution in [3.8, 4) is 0 Å². The largest absolute Gasteiger partial charge is 0.316 e. The normalized spacial score (nSPS) is 10.8. The smallest absolute Gasteiger partial charge is 0.103 e. The number of rotatable bonds is 4. The Balaban J connectivity index is 2.31. The van der Waals surface area contributed by atoms with Gasteiger partial charge < -0.3 is 5.32 Å². The molecular weight excluding hydrogens is 232 g/mol. The molecule has 0 aliphatic carbocycles. The topological polar surface area (TPSA) is 42.7 Å². The fourth-order valence-electron chi connectivity index (χ4n) is 1.71. The zero-order valence-electron chi connectivity index (χ0n) is 10.3. The molecule has 4 nitrogen and oxygen atoms in total. The van der Waals surface area contributed by atoms with Crippen molar-refractivity contribution >= 4 is 11.8 Å². The fourth-order valence-corrected chi connectivity index (χ4v) is 2.70. The van der Waals surface area contributed by atoms with E-state index in [1.807, 2.05) is 50.2 Å². The van der Waals surface area contributed by atoms with Crippen LogP contribution in [0.3, 0.4) is 0 Å². The van der Waals surface area contributed by atoms with Crippen LogP contribution in [-0.2, 0) is 13.6 Å². The SMILES string of the molecule is CNCc1c(C)nn(C)c1Sc1ccncc1. The lowest BCUT2D eigenvalue weighted by Crippen LogP contribution is -2.06. The molecule has 0 aromatic carbocycles. The number of hydrogen-bond donors (Lipinski definition) is 1. The molecule has 1 N–H and O–H groups in total. The third-order valence-corrected chi connectivity index (χ3v) is 3.72. The Morgan fingerprint density at radius 1 is 1.35 bits per heavy atom. The first-order valence-electron chi connectivity index (χ1n) is 5.47. The molecule has 0 saturated heterocycles. The van der Waals surface area contributed by atoms with Crippen LogP contribution in [0, 0.1) is 6.92 Å². The molecule has 0 aliphatic heterocycles. The van der Waals surface area contributed by atoms with Gasteiger partial charge in [0.1, 0.15) is 5.03 Å². The van der Waals surface area contributed by atoms with Gasteiger partial charge in [-0.1, -0.05) is 11.8 Å². The molecule has 0 aliphatic rings. The Bertz CT molecular complexity index is 493. The summed E-state index contributed by atoms with van der Waals surface area (Å²) in [5.74, 6) is 0. The van der Waals surface area contributed by atoms with E-state index >= 15 is 0 Å². The van der Waals surface area contributed by atoms with E-state index in [9.17, 15) is 0 Å². The standard InChI is InChI=1S/C12H16N4S/c1-9-11(8-13-2)12(16(3)15-9)17-10-4-6-14-7-5-10/h4-7,13H,8H2,1-3H3. The van der Waals surface area contributed by atoms with Gasteiger partial charge in [0.05, 0.1) is 5.69 Å². The molecule has 2 heterocycles. The van der Waals surface area contributed by atoms with Gasteiger partial charge in [0, 0.05) is 36.4 Å². The van der Waals surface area contributed by atoms with Gasteiger partial charge in [-0.15, -0.1) is 0 Å². The van der Waals surface area contributed by atoms with E-state index in [2.05, 4.69) is 15.4 Å². The number of aryl methyl sites for hydroxylation is 2. The number of nitrogens with zero attached hydrogens (tertiary/aromatic N) is 3. The lowest BCUT2D eigenvalue weighted by Gasteiger charge is -2.05. The van der Waals surface area contributed by atoms with Gasteiger partial charge in [-0.2, -0.15) is 5.10 Å². The Labute approximate surface area is 105 Å². The van der Waals surface area contributed by atoms with E-state index in [0.29, 0.717) is 0 Å². The van der Waals surface area contributed by atoms with E-state index in [4.69, 9.17) is 0 Å². The molecular formula is C12H16N4S. The zero-order valence-corrected chi connectivity index (χ0v) is 11.1. The monoisotopic (exact) mass is 248 g/mol. The van der Waals surface area contributed by atoms with Crippen molar-refractivity contribution < 1.29 is 0 Å². The Morgan fingerprint density at radius 2 is 2.06 bits per heavy atom. The first-order valence-corrected chi connectivity index (χ1v) is 6.29. The zero-order chi connectivity index (χ0) is 12.3. The molecule has 0 atom stereocenters. The van der Waals surface area contributed by atoms with E-state index in [1.54, 1.807) is 11.8 Å².